The van der Waals surface area contributed by atoms with Crippen LogP contribution in [0.15, 0.2) is 54.6 Å². The molecule has 7 nitrogen and oxygen atoms in total. The zero-order chi connectivity index (χ0) is 21.7. The van der Waals surface area contributed by atoms with Crippen LogP contribution in [0.2, 0.25) is 0 Å². The molecule has 3 rings (SSSR count). The van der Waals surface area contributed by atoms with Crippen LogP contribution < -0.4 is 5.32 Å². The van der Waals surface area contributed by atoms with E-state index in [1.165, 1.54) is 24.6 Å². The lowest BCUT2D eigenvalue weighted by molar-refractivity contribution is -0.152. The Morgan fingerprint density at radius 3 is 2.10 bits per heavy atom. The van der Waals surface area contributed by atoms with E-state index in [-0.39, 0.29) is 17.2 Å². The fourth-order valence-corrected chi connectivity index (χ4v) is 3.34. The first-order chi connectivity index (χ1) is 14.4. The first-order valence-electron chi connectivity index (χ1n) is 9.85. The van der Waals surface area contributed by atoms with Crippen molar-refractivity contribution in [2.75, 3.05) is 6.61 Å². The van der Waals surface area contributed by atoms with E-state index < -0.39 is 36.3 Å². The Bertz CT molecular complexity index is 922. The zero-order valence-electron chi connectivity index (χ0n) is 17.0. The number of nitrogens with one attached hydrogen (secondary N) is 1. The van der Waals surface area contributed by atoms with Gasteiger partial charge in [-0.3, -0.25) is 19.3 Å². The van der Waals surface area contributed by atoms with Crippen LogP contribution in [0.25, 0.3) is 0 Å². The van der Waals surface area contributed by atoms with Crippen molar-refractivity contribution in [1.82, 2.24) is 10.2 Å². The summed E-state index contributed by atoms with van der Waals surface area (Å²) in [5.41, 5.74) is 1.69. The predicted molar refractivity (Wildman–Crippen MR) is 110 cm³/mol. The van der Waals surface area contributed by atoms with Gasteiger partial charge >= 0.3 is 5.97 Å². The Kier molecular flexibility index (Phi) is 6.61. The predicted octanol–water partition coefficient (Wildman–Crippen LogP) is 2.35. The Morgan fingerprint density at radius 2 is 1.50 bits per heavy atom. The molecule has 156 valence electrons. The van der Waals surface area contributed by atoms with Gasteiger partial charge in [-0.15, -0.1) is 0 Å². The lowest BCUT2D eigenvalue weighted by Crippen LogP contribution is -2.45. The Hall–Kier alpha value is -3.48. The molecule has 0 aromatic heterocycles. The molecule has 1 N–H and O–H groups in total. The van der Waals surface area contributed by atoms with Crippen LogP contribution in [0.4, 0.5) is 0 Å². The largest absolute Gasteiger partial charge is 0.454 e. The third-order valence-electron chi connectivity index (χ3n) is 5.02. The molecule has 1 heterocycles. The Balaban J connectivity index is 1.46. The van der Waals surface area contributed by atoms with Gasteiger partial charge in [-0.05, 0) is 44.4 Å². The van der Waals surface area contributed by atoms with Crippen molar-refractivity contribution in [3.05, 3.63) is 71.3 Å². The van der Waals surface area contributed by atoms with Crippen LogP contribution in [-0.4, -0.2) is 47.3 Å². The van der Waals surface area contributed by atoms with Gasteiger partial charge in [-0.1, -0.05) is 42.5 Å². The summed E-state index contributed by atoms with van der Waals surface area (Å²) in [7, 11) is 0. The number of carbonyl (C=O) groups is 4. The molecule has 2 atom stereocenters. The fraction of sp³-hybridized carbons (Fsp3) is 0.304. The summed E-state index contributed by atoms with van der Waals surface area (Å²) in [6.07, 6.45) is 1.56. The van der Waals surface area contributed by atoms with Crippen molar-refractivity contribution < 1.29 is 23.9 Å². The van der Waals surface area contributed by atoms with Crippen molar-refractivity contribution >= 4 is 23.7 Å². The number of rotatable bonds is 8. The molecular formula is C23H24N2O5. The molecule has 2 aromatic rings. The van der Waals surface area contributed by atoms with Gasteiger partial charge in [0.25, 0.3) is 17.7 Å². The van der Waals surface area contributed by atoms with E-state index in [0.29, 0.717) is 0 Å². The van der Waals surface area contributed by atoms with Crippen LogP contribution in [0.3, 0.4) is 0 Å². The molecule has 7 heteroatoms. The van der Waals surface area contributed by atoms with Crippen molar-refractivity contribution in [2.45, 2.75) is 38.8 Å². The van der Waals surface area contributed by atoms with Gasteiger partial charge in [0.1, 0.15) is 6.04 Å². The molecule has 2 aromatic carbocycles. The van der Waals surface area contributed by atoms with Gasteiger partial charge in [0, 0.05) is 6.04 Å². The van der Waals surface area contributed by atoms with Gasteiger partial charge < -0.3 is 10.1 Å². The summed E-state index contributed by atoms with van der Waals surface area (Å²) in [6.45, 7) is 2.82. The van der Waals surface area contributed by atoms with E-state index in [2.05, 4.69) is 5.32 Å². The number of ether oxygens (including phenoxy) is 1. The summed E-state index contributed by atoms with van der Waals surface area (Å²) in [5, 5.41) is 2.78. The molecule has 0 aliphatic carbocycles. The maximum absolute atomic E-state index is 12.4. The number of aryl methyl sites for hydroxylation is 1. The maximum atomic E-state index is 12.4. The van der Waals surface area contributed by atoms with Crippen molar-refractivity contribution in [3.63, 3.8) is 0 Å². The molecule has 30 heavy (non-hydrogen) atoms. The number of amides is 3. The first-order valence-corrected chi connectivity index (χ1v) is 9.85. The summed E-state index contributed by atoms with van der Waals surface area (Å²) >= 11 is 0. The number of esters is 1. The minimum atomic E-state index is -1.12. The van der Waals surface area contributed by atoms with E-state index in [0.717, 1.165) is 17.7 Å². The van der Waals surface area contributed by atoms with E-state index in [1.807, 2.05) is 37.3 Å². The van der Waals surface area contributed by atoms with E-state index in [4.69, 9.17) is 4.74 Å². The molecule has 0 saturated heterocycles. The lowest BCUT2D eigenvalue weighted by atomic mass is 10.1. The molecular weight excluding hydrogens is 384 g/mol. The Morgan fingerprint density at radius 1 is 0.933 bits per heavy atom. The monoisotopic (exact) mass is 408 g/mol. The third kappa shape index (κ3) is 4.74. The van der Waals surface area contributed by atoms with E-state index >= 15 is 0 Å². The molecule has 0 unspecified atom stereocenters. The van der Waals surface area contributed by atoms with E-state index in [1.54, 1.807) is 12.1 Å². The van der Waals surface area contributed by atoms with Gasteiger partial charge in [0.2, 0.25) is 0 Å². The van der Waals surface area contributed by atoms with Crippen LogP contribution >= 0.6 is 0 Å². The molecule has 0 radical (unpaired) electrons. The number of hydrogen-bond acceptors (Lipinski definition) is 5. The number of fused-ring (bicyclic) bond motifs is 1. The summed E-state index contributed by atoms with van der Waals surface area (Å²) in [5.74, 6) is -2.33. The highest BCUT2D eigenvalue weighted by molar-refractivity contribution is 6.22. The van der Waals surface area contributed by atoms with Crippen LogP contribution in [0.1, 0.15) is 46.5 Å². The SMILES string of the molecule is C[C@H](C(=O)OCC(=O)N[C@@H](C)CCc1ccccc1)N1C(=O)c2ccccc2C1=O. The van der Waals surface area contributed by atoms with Crippen molar-refractivity contribution in [2.24, 2.45) is 0 Å². The topological polar surface area (TPSA) is 92.8 Å². The van der Waals surface area contributed by atoms with Gasteiger partial charge in [-0.2, -0.15) is 0 Å². The summed E-state index contributed by atoms with van der Waals surface area (Å²) in [6, 6.07) is 15.1. The zero-order valence-corrected chi connectivity index (χ0v) is 17.0. The lowest BCUT2D eigenvalue weighted by Gasteiger charge is -2.21. The second kappa shape index (κ2) is 9.35. The highest BCUT2D eigenvalue weighted by atomic mass is 16.5. The molecule has 0 bridgehead atoms. The van der Waals surface area contributed by atoms with Crippen LogP contribution in [-0.2, 0) is 20.7 Å². The fourth-order valence-electron chi connectivity index (χ4n) is 3.34. The first kappa shape index (κ1) is 21.2. The molecule has 3 amide bonds. The number of nitrogens with zero attached hydrogens (tertiary/aromatic N) is 1. The minimum absolute atomic E-state index is 0.0925. The van der Waals surface area contributed by atoms with Crippen LogP contribution in [0, 0.1) is 0 Å². The summed E-state index contributed by atoms with van der Waals surface area (Å²) in [4.78, 5) is 50.2. The maximum Gasteiger partial charge on any atom is 0.329 e. The quantitative estimate of drug-likeness (QED) is 0.535. The van der Waals surface area contributed by atoms with Crippen LogP contribution in [0.5, 0.6) is 0 Å². The average Bonchev–Trinajstić information content (AvgIpc) is 3.01. The molecule has 1 aliphatic rings. The number of imide groups is 1. The standard InChI is InChI=1S/C23H24N2O5/c1-15(12-13-17-8-4-3-5-9-17)24-20(26)14-30-23(29)16(2)25-21(27)18-10-6-7-11-19(18)22(25)28/h3-11,15-16H,12-14H2,1-2H3,(H,24,26)/t15-,16+/m0/s1. The number of benzene rings is 2. The van der Waals surface area contributed by atoms with Gasteiger partial charge in [0.05, 0.1) is 11.1 Å². The minimum Gasteiger partial charge on any atom is -0.454 e. The molecule has 0 fully saturated rings. The number of hydrogen-bond donors (Lipinski definition) is 1. The normalized spacial score (nSPS) is 14.8. The highest BCUT2D eigenvalue weighted by Crippen LogP contribution is 2.24. The third-order valence-corrected chi connectivity index (χ3v) is 5.02. The van der Waals surface area contributed by atoms with Crippen molar-refractivity contribution in [3.8, 4) is 0 Å². The van der Waals surface area contributed by atoms with E-state index in [9.17, 15) is 19.2 Å². The van der Waals surface area contributed by atoms with Crippen molar-refractivity contribution in [1.29, 1.82) is 0 Å². The Labute approximate surface area is 175 Å². The highest BCUT2D eigenvalue weighted by Gasteiger charge is 2.41. The summed E-state index contributed by atoms with van der Waals surface area (Å²) < 4.78 is 5.04. The smallest absolute Gasteiger partial charge is 0.329 e. The van der Waals surface area contributed by atoms with Gasteiger partial charge in [0.15, 0.2) is 6.61 Å². The molecule has 0 saturated carbocycles. The number of carbonyl (C=O) groups excluding carboxylic acids is 4. The molecule has 1 aliphatic heterocycles. The van der Waals surface area contributed by atoms with Gasteiger partial charge in [-0.25, -0.2) is 4.79 Å². The second-order valence-corrected chi connectivity index (χ2v) is 7.30. The molecule has 0 spiro atoms. The second-order valence-electron chi connectivity index (χ2n) is 7.30. The average molecular weight is 408 g/mol.